The number of thiophene rings is 1. The molecule has 1 aliphatic heterocycles. The third kappa shape index (κ3) is 6.13. The number of benzene rings is 1. The van der Waals surface area contributed by atoms with E-state index in [1.807, 2.05) is 43.5 Å². The molecule has 0 spiro atoms. The van der Waals surface area contributed by atoms with E-state index in [-0.39, 0.29) is 17.9 Å². The highest BCUT2D eigenvalue weighted by atomic mass is 32.1. The molecule has 2 amide bonds. The third-order valence-corrected chi connectivity index (χ3v) is 6.77. The molecule has 156 valence electrons. The van der Waals surface area contributed by atoms with Gasteiger partial charge in [0.1, 0.15) is 26.2 Å². The second-order valence-electron chi connectivity index (χ2n) is 7.95. The second-order valence-corrected chi connectivity index (χ2v) is 8.93. The molecule has 0 bridgehead atoms. The van der Waals surface area contributed by atoms with E-state index in [4.69, 9.17) is 0 Å². The quantitative estimate of drug-likeness (QED) is 0.512. The van der Waals surface area contributed by atoms with Crippen LogP contribution in [0.2, 0.25) is 0 Å². The molecule has 1 aromatic carbocycles. The Balaban J connectivity index is 1.39. The standard InChI is InChI=1S/C22H30N4O2S/c1-16-6-4-7-19(17(16)2)24-22(28)15-26-11-9-25(10-12-26)14-21(27)23-18(3)20-8-5-13-29-20/h4-8,13,18H,9-12,14-15H2,1-3H3,(H,23,27)(H,24,28)/p+2/t18-/m0/s1. The fraction of sp³-hybridized carbons (Fsp3) is 0.455. The van der Waals surface area contributed by atoms with E-state index in [1.165, 1.54) is 20.2 Å². The van der Waals surface area contributed by atoms with Crippen molar-refractivity contribution in [3.05, 3.63) is 51.7 Å². The van der Waals surface area contributed by atoms with Crippen molar-refractivity contribution in [2.45, 2.75) is 26.8 Å². The zero-order chi connectivity index (χ0) is 20.8. The summed E-state index contributed by atoms with van der Waals surface area (Å²) in [5.74, 6) is 0.150. The van der Waals surface area contributed by atoms with Crippen LogP contribution < -0.4 is 20.4 Å². The lowest BCUT2D eigenvalue weighted by Crippen LogP contribution is -3.28. The Morgan fingerprint density at radius 2 is 1.66 bits per heavy atom. The zero-order valence-corrected chi connectivity index (χ0v) is 18.3. The second kappa shape index (κ2) is 10.0. The van der Waals surface area contributed by atoms with Gasteiger partial charge in [0.25, 0.3) is 11.8 Å². The Morgan fingerprint density at radius 1 is 1.00 bits per heavy atom. The van der Waals surface area contributed by atoms with E-state index in [0.29, 0.717) is 13.1 Å². The Morgan fingerprint density at radius 3 is 2.28 bits per heavy atom. The van der Waals surface area contributed by atoms with Crippen molar-refractivity contribution in [3.63, 3.8) is 0 Å². The minimum absolute atomic E-state index is 0.0552. The van der Waals surface area contributed by atoms with Crippen LogP contribution in [0.25, 0.3) is 0 Å². The molecule has 1 atom stereocenters. The number of carbonyl (C=O) groups is 2. The largest absolute Gasteiger partial charge is 0.344 e. The van der Waals surface area contributed by atoms with Gasteiger partial charge in [0.15, 0.2) is 13.1 Å². The Bertz CT molecular complexity index is 829. The summed E-state index contributed by atoms with van der Waals surface area (Å²) in [7, 11) is 0. The smallest absolute Gasteiger partial charge is 0.279 e. The number of hydrogen-bond acceptors (Lipinski definition) is 3. The van der Waals surface area contributed by atoms with Crippen LogP contribution in [0.15, 0.2) is 35.7 Å². The average molecular weight is 417 g/mol. The lowest BCUT2D eigenvalue weighted by molar-refractivity contribution is -1.00. The lowest BCUT2D eigenvalue weighted by atomic mass is 10.1. The molecule has 3 rings (SSSR count). The minimum atomic E-state index is 0.0552. The SMILES string of the molecule is Cc1cccc(NC(=O)C[NH+]2CC[NH+](CC(=O)N[C@@H](C)c3cccs3)CC2)c1C. The van der Waals surface area contributed by atoms with Crippen LogP contribution in [0.1, 0.15) is 29.0 Å². The van der Waals surface area contributed by atoms with Gasteiger partial charge in [-0.25, -0.2) is 0 Å². The van der Waals surface area contributed by atoms with Crippen LogP contribution in [-0.4, -0.2) is 51.1 Å². The predicted octanol–water partition coefficient (Wildman–Crippen LogP) is -0.0358. The molecule has 0 saturated carbocycles. The summed E-state index contributed by atoms with van der Waals surface area (Å²) in [5.41, 5.74) is 3.20. The molecule has 1 aromatic heterocycles. The van der Waals surface area contributed by atoms with Crippen LogP contribution in [0.5, 0.6) is 0 Å². The van der Waals surface area contributed by atoms with Crippen molar-refractivity contribution in [2.24, 2.45) is 0 Å². The fourth-order valence-corrected chi connectivity index (χ4v) is 4.48. The minimum Gasteiger partial charge on any atom is -0.344 e. The van der Waals surface area contributed by atoms with Gasteiger partial charge in [-0.2, -0.15) is 0 Å². The van der Waals surface area contributed by atoms with E-state index in [9.17, 15) is 9.59 Å². The molecule has 29 heavy (non-hydrogen) atoms. The summed E-state index contributed by atoms with van der Waals surface area (Å²) < 4.78 is 0. The molecule has 0 aliphatic carbocycles. The molecular formula is C22H32N4O2S+2. The molecule has 1 aliphatic rings. The van der Waals surface area contributed by atoms with Crippen LogP contribution >= 0.6 is 11.3 Å². The van der Waals surface area contributed by atoms with Gasteiger partial charge in [0, 0.05) is 10.6 Å². The van der Waals surface area contributed by atoms with Crippen LogP contribution in [-0.2, 0) is 9.59 Å². The molecule has 0 radical (unpaired) electrons. The van der Waals surface area contributed by atoms with Gasteiger partial charge in [-0.3, -0.25) is 9.59 Å². The molecular weight excluding hydrogens is 384 g/mol. The van der Waals surface area contributed by atoms with Gasteiger partial charge in [-0.1, -0.05) is 18.2 Å². The first kappa shape index (κ1) is 21.5. The first-order valence-corrected chi connectivity index (χ1v) is 11.2. The zero-order valence-electron chi connectivity index (χ0n) is 17.5. The van der Waals surface area contributed by atoms with E-state index in [0.717, 1.165) is 37.4 Å². The molecule has 6 nitrogen and oxygen atoms in total. The number of nitrogens with one attached hydrogen (secondary N) is 4. The molecule has 1 fully saturated rings. The van der Waals surface area contributed by atoms with Gasteiger partial charge >= 0.3 is 0 Å². The van der Waals surface area contributed by atoms with E-state index < -0.39 is 0 Å². The van der Waals surface area contributed by atoms with Crippen LogP contribution in [0.3, 0.4) is 0 Å². The highest BCUT2D eigenvalue weighted by molar-refractivity contribution is 7.10. The first-order chi connectivity index (χ1) is 13.9. The van der Waals surface area contributed by atoms with Crippen molar-refractivity contribution >= 4 is 28.8 Å². The number of anilines is 1. The number of amides is 2. The summed E-state index contributed by atoms with van der Waals surface area (Å²) in [6.45, 7) is 10.7. The summed E-state index contributed by atoms with van der Waals surface area (Å²) in [6, 6.07) is 10.1. The van der Waals surface area contributed by atoms with Crippen LogP contribution in [0, 0.1) is 13.8 Å². The normalized spacial score (nSPS) is 20.1. The first-order valence-electron chi connectivity index (χ1n) is 10.3. The highest BCUT2D eigenvalue weighted by Gasteiger charge is 2.27. The Hall–Kier alpha value is -2.22. The van der Waals surface area contributed by atoms with Crippen molar-refractivity contribution in [1.29, 1.82) is 0 Å². The third-order valence-electron chi connectivity index (χ3n) is 5.71. The number of quaternary nitrogens is 2. The predicted molar refractivity (Wildman–Crippen MR) is 117 cm³/mol. The van der Waals surface area contributed by atoms with Crippen molar-refractivity contribution < 1.29 is 19.4 Å². The summed E-state index contributed by atoms with van der Waals surface area (Å²) in [5, 5.41) is 8.17. The number of piperazine rings is 1. The molecule has 2 aromatic rings. The van der Waals surface area contributed by atoms with Gasteiger partial charge in [-0.05, 0) is 49.4 Å². The van der Waals surface area contributed by atoms with E-state index in [1.54, 1.807) is 11.3 Å². The molecule has 2 heterocycles. The van der Waals surface area contributed by atoms with Gasteiger partial charge in [0.2, 0.25) is 0 Å². The highest BCUT2D eigenvalue weighted by Crippen LogP contribution is 2.18. The maximum absolute atomic E-state index is 12.4. The van der Waals surface area contributed by atoms with E-state index in [2.05, 4.69) is 23.6 Å². The number of hydrogen-bond donors (Lipinski definition) is 4. The van der Waals surface area contributed by atoms with Crippen LogP contribution in [0.4, 0.5) is 5.69 Å². The van der Waals surface area contributed by atoms with Crippen molar-refractivity contribution in [2.75, 3.05) is 44.6 Å². The summed E-state index contributed by atoms with van der Waals surface area (Å²) in [6.07, 6.45) is 0. The van der Waals surface area contributed by atoms with E-state index >= 15 is 0 Å². The number of carbonyl (C=O) groups excluding carboxylic acids is 2. The van der Waals surface area contributed by atoms with Gasteiger partial charge < -0.3 is 20.4 Å². The molecule has 4 N–H and O–H groups in total. The van der Waals surface area contributed by atoms with Crippen molar-refractivity contribution in [1.82, 2.24) is 5.32 Å². The molecule has 7 heteroatoms. The lowest BCUT2D eigenvalue weighted by Gasteiger charge is -2.29. The fourth-order valence-electron chi connectivity index (χ4n) is 3.75. The summed E-state index contributed by atoms with van der Waals surface area (Å²) in [4.78, 5) is 28.5. The Labute approximate surface area is 176 Å². The molecule has 1 saturated heterocycles. The maximum atomic E-state index is 12.4. The van der Waals surface area contributed by atoms with Gasteiger partial charge in [-0.15, -0.1) is 11.3 Å². The maximum Gasteiger partial charge on any atom is 0.279 e. The van der Waals surface area contributed by atoms with Crippen molar-refractivity contribution in [3.8, 4) is 0 Å². The average Bonchev–Trinajstić information content (AvgIpc) is 3.22. The monoisotopic (exact) mass is 416 g/mol. The topological polar surface area (TPSA) is 67.1 Å². The summed E-state index contributed by atoms with van der Waals surface area (Å²) >= 11 is 1.66. The Kier molecular flexibility index (Phi) is 7.41. The number of rotatable bonds is 7. The van der Waals surface area contributed by atoms with Gasteiger partial charge in [0.05, 0.1) is 6.04 Å². The molecule has 0 unspecified atom stereocenters. The number of aryl methyl sites for hydroxylation is 1.